The summed E-state index contributed by atoms with van der Waals surface area (Å²) >= 11 is 0. The molecule has 0 fully saturated rings. The van der Waals surface area contributed by atoms with Crippen molar-refractivity contribution in [3.8, 4) is 5.75 Å². The van der Waals surface area contributed by atoms with Crippen LogP contribution in [0.5, 0.6) is 5.75 Å². The predicted molar refractivity (Wildman–Crippen MR) is 97.1 cm³/mol. The third-order valence-corrected chi connectivity index (χ3v) is 3.91. The number of carbonyl (C=O) groups is 2. The predicted octanol–water partition coefficient (Wildman–Crippen LogP) is 3.73. The molecule has 0 radical (unpaired) electrons. The van der Waals surface area contributed by atoms with E-state index >= 15 is 0 Å². The lowest BCUT2D eigenvalue weighted by molar-refractivity contribution is -0.137. The summed E-state index contributed by atoms with van der Waals surface area (Å²) in [5, 5.41) is 11.5. The van der Waals surface area contributed by atoms with Gasteiger partial charge in [-0.05, 0) is 61.2 Å². The van der Waals surface area contributed by atoms with E-state index in [2.05, 4.69) is 5.32 Å². The maximum atomic E-state index is 12.0. The van der Waals surface area contributed by atoms with Crippen LogP contribution in [0.1, 0.15) is 29.5 Å². The molecule has 0 saturated carbocycles. The molecule has 0 atom stereocenters. The largest absolute Gasteiger partial charge is 0.493 e. The number of ether oxygens (including phenoxy) is 1. The number of carboxylic acid groups (broad SMARTS) is 1. The molecule has 0 aliphatic rings. The summed E-state index contributed by atoms with van der Waals surface area (Å²) in [7, 11) is 0. The Kier molecular flexibility index (Phi) is 6.57. The number of carbonyl (C=O) groups excluding carboxylic acids is 1. The van der Waals surface area contributed by atoms with E-state index < -0.39 is 5.97 Å². The second-order valence-corrected chi connectivity index (χ2v) is 5.99. The lowest BCUT2D eigenvalue weighted by Crippen LogP contribution is -2.15. The highest BCUT2D eigenvalue weighted by molar-refractivity contribution is 5.90. The maximum absolute atomic E-state index is 12.0. The topological polar surface area (TPSA) is 75.6 Å². The van der Waals surface area contributed by atoms with E-state index in [1.165, 1.54) is 5.56 Å². The molecule has 132 valence electrons. The summed E-state index contributed by atoms with van der Waals surface area (Å²) in [5.41, 5.74) is 3.90. The Morgan fingerprint density at radius 2 is 1.84 bits per heavy atom. The van der Waals surface area contributed by atoms with Gasteiger partial charge in [0.2, 0.25) is 5.91 Å². The molecule has 2 N–H and O–H groups in total. The quantitative estimate of drug-likeness (QED) is 0.767. The van der Waals surface area contributed by atoms with Gasteiger partial charge in [0.05, 0.1) is 13.0 Å². The summed E-state index contributed by atoms with van der Waals surface area (Å²) in [4.78, 5) is 22.6. The third-order valence-electron chi connectivity index (χ3n) is 3.91. The molecule has 5 nitrogen and oxygen atoms in total. The number of hydrogen-bond donors (Lipinski definition) is 2. The van der Waals surface area contributed by atoms with Gasteiger partial charge in [-0.3, -0.25) is 9.59 Å². The van der Waals surface area contributed by atoms with E-state index in [0.29, 0.717) is 18.7 Å². The number of hydrogen-bond acceptors (Lipinski definition) is 3. The highest BCUT2D eigenvalue weighted by atomic mass is 16.5. The fourth-order valence-corrected chi connectivity index (χ4v) is 2.34. The summed E-state index contributed by atoms with van der Waals surface area (Å²) in [6.07, 6.45) is 0.752. The van der Waals surface area contributed by atoms with E-state index in [9.17, 15) is 9.59 Å². The second-order valence-electron chi connectivity index (χ2n) is 5.99. The molecule has 0 aliphatic heterocycles. The molecule has 0 aliphatic carbocycles. The van der Waals surface area contributed by atoms with E-state index in [-0.39, 0.29) is 18.7 Å². The van der Waals surface area contributed by atoms with E-state index in [0.717, 1.165) is 16.9 Å². The SMILES string of the molecule is Cc1ccc(OCCC(=O)Nc2cccc(CCC(=O)O)c2)cc1C. The number of carboxylic acids is 1. The van der Waals surface area contributed by atoms with Crippen molar-refractivity contribution in [2.24, 2.45) is 0 Å². The van der Waals surface area contributed by atoms with Gasteiger partial charge in [0.15, 0.2) is 0 Å². The molecule has 5 heteroatoms. The minimum Gasteiger partial charge on any atom is -0.493 e. The van der Waals surface area contributed by atoms with Gasteiger partial charge < -0.3 is 15.2 Å². The highest BCUT2D eigenvalue weighted by Gasteiger charge is 2.05. The molecule has 2 aromatic rings. The minimum atomic E-state index is -0.835. The lowest BCUT2D eigenvalue weighted by atomic mass is 10.1. The van der Waals surface area contributed by atoms with Gasteiger partial charge in [0.25, 0.3) is 0 Å². The van der Waals surface area contributed by atoms with Crippen LogP contribution < -0.4 is 10.1 Å². The Bertz CT molecular complexity index is 755. The number of amides is 1. The molecule has 0 unspecified atom stereocenters. The first-order chi connectivity index (χ1) is 11.9. The van der Waals surface area contributed by atoms with Gasteiger partial charge >= 0.3 is 5.97 Å². The highest BCUT2D eigenvalue weighted by Crippen LogP contribution is 2.17. The summed E-state index contributed by atoms with van der Waals surface area (Å²) in [6.45, 7) is 4.36. The van der Waals surface area contributed by atoms with Crippen LogP contribution in [0.4, 0.5) is 5.69 Å². The van der Waals surface area contributed by atoms with E-state index in [1.807, 2.05) is 38.1 Å². The molecule has 0 aromatic heterocycles. The number of rotatable bonds is 8. The van der Waals surface area contributed by atoms with Crippen molar-refractivity contribution in [2.45, 2.75) is 33.1 Å². The minimum absolute atomic E-state index is 0.0706. The number of benzene rings is 2. The van der Waals surface area contributed by atoms with Crippen molar-refractivity contribution in [1.29, 1.82) is 0 Å². The fraction of sp³-hybridized carbons (Fsp3) is 0.300. The Balaban J connectivity index is 1.80. The molecule has 25 heavy (non-hydrogen) atoms. The second kappa shape index (κ2) is 8.87. The summed E-state index contributed by atoms with van der Waals surface area (Å²) in [6, 6.07) is 13.1. The van der Waals surface area contributed by atoms with Gasteiger partial charge in [0, 0.05) is 12.1 Å². The molecule has 2 rings (SSSR count). The Morgan fingerprint density at radius 1 is 1.04 bits per heavy atom. The van der Waals surface area contributed by atoms with E-state index in [1.54, 1.807) is 18.2 Å². The zero-order valence-corrected chi connectivity index (χ0v) is 14.5. The molecule has 0 bridgehead atoms. The molecule has 0 saturated heterocycles. The normalized spacial score (nSPS) is 10.3. The summed E-state index contributed by atoms with van der Waals surface area (Å²) in [5.74, 6) is -0.219. The fourth-order valence-electron chi connectivity index (χ4n) is 2.34. The van der Waals surface area contributed by atoms with Crippen LogP contribution in [-0.2, 0) is 16.0 Å². The van der Waals surface area contributed by atoms with Gasteiger partial charge in [-0.2, -0.15) is 0 Å². The first-order valence-corrected chi connectivity index (χ1v) is 8.24. The molecule has 2 aromatic carbocycles. The number of nitrogens with one attached hydrogen (secondary N) is 1. The Hall–Kier alpha value is -2.82. The Labute approximate surface area is 147 Å². The van der Waals surface area contributed by atoms with Crippen molar-refractivity contribution < 1.29 is 19.4 Å². The van der Waals surface area contributed by atoms with Gasteiger partial charge in [0.1, 0.15) is 5.75 Å². The van der Waals surface area contributed by atoms with Crippen molar-refractivity contribution in [3.05, 3.63) is 59.2 Å². The maximum Gasteiger partial charge on any atom is 0.303 e. The standard InChI is InChI=1S/C20H23NO4/c1-14-6-8-18(12-15(14)2)25-11-10-19(22)21-17-5-3-4-16(13-17)7-9-20(23)24/h3-6,8,12-13H,7,9-11H2,1-2H3,(H,21,22)(H,23,24). The van der Waals surface area contributed by atoms with Crippen LogP contribution in [0.25, 0.3) is 0 Å². The Morgan fingerprint density at radius 3 is 2.56 bits per heavy atom. The zero-order chi connectivity index (χ0) is 18.2. The molecular weight excluding hydrogens is 318 g/mol. The van der Waals surface area contributed by atoms with Crippen LogP contribution in [0, 0.1) is 13.8 Å². The smallest absolute Gasteiger partial charge is 0.303 e. The van der Waals surface area contributed by atoms with Crippen molar-refractivity contribution in [3.63, 3.8) is 0 Å². The van der Waals surface area contributed by atoms with Gasteiger partial charge in [-0.25, -0.2) is 0 Å². The number of anilines is 1. The molecule has 0 heterocycles. The number of aryl methyl sites for hydroxylation is 3. The lowest BCUT2D eigenvalue weighted by Gasteiger charge is -2.09. The average molecular weight is 341 g/mol. The monoisotopic (exact) mass is 341 g/mol. The van der Waals surface area contributed by atoms with Crippen molar-refractivity contribution in [1.82, 2.24) is 0 Å². The molecule has 1 amide bonds. The zero-order valence-electron chi connectivity index (χ0n) is 14.5. The van der Waals surface area contributed by atoms with Crippen LogP contribution >= 0.6 is 0 Å². The van der Waals surface area contributed by atoms with Crippen molar-refractivity contribution >= 4 is 17.6 Å². The van der Waals surface area contributed by atoms with Crippen molar-refractivity contribution in [2.75, 3.05) is 11.9 Å². The summed E-state index contributed by atoms with van der Waals surface area (Å²) < 4.78 is 5.61. The average Bonchev–Trinajstić information content (AvgIpc) is 2.56. The molecule has 0 spiro atoms. The van der Waals surface area contributed by atoms with Gasteiger partial charge in [-0.1, -0.05) is 18.2 Å². The van der Waals surface area contributed by atoms with Gasteiger partial charge in [-0.15, -0.1) is 0 Å². The van der Waals surface area contributed by atoms with Crippen LogP contribution in [-0.4, -0.2) is 23.6 Å². The first kappa shape index (κ1) is 18.5. The van der Waals surface area contributed by atoms with Crippen LogP contribution in [0.15, 0.2) is 42.5 Å². The number of aliphatic carboxylic acids is 1. The van der Waals surface area contributed by atoms with Crippen LogP contribution in [0.3, 0.4) is 0 Å². The molecular formula is C20H23NO4. The van der Waals surface area contributed by atoms with Crippen LogP contribution in [0.2, 0.25) is 0 Å². The van der Waals surface area contributed by atoms with E-state index in [4.69, 9.17) is 9.84 Å². The third kappa shape index (κ3) is 6.30. The first-order valence-electron chi connectivity index (χ1n) is 8.24.